The minimum absolute atomic E-state index is 0.163. The standard InChI is InChI=1S/C11H12O2S/c1-8-6-9-4-2-3-5-10(9)7-11(8)14(12)13/h2-5,7-8H,6H2,1H3,(H,12,13). The molecule has 1 aliphatic rings. The van der Waals surface area contributed by atoms with Gasteiger partial charge in [-0.3, -0.25) is 0 Å². The fraction of sp³-hybridized carbons (Fsp3) is 0.273. The van der Waals surface area contributed by atoms with Crippen LogP contribution < -0.4 is 0 Å². The maximum Gasteiger partial charge on any atom is 0.182 e. The SMILES string of the molecule is CC1Cc2ccccc2C=C1S(=O)O. The Bertz CT molecular complexity index is 410. The van der Waals surface area contributed by atoms with Crippen LogP contribution in [-0.4, -0.2) is 8.76 Å². The van der Waals surface area contributed by atoms with Crippen LogP contribution in [0.2, 0.25) is 0 Å². The summed E-state index contributed by atoms with van der Waals surface area (Å²) in [7, 11) is 0. The van der Waals surface area contributed by atoms with Crippen LogP contribution in [0.3, 0.4) is 0 Å². The third-order valence-electron chi connectivity index (χ3n) is 2.57. The van der Waals surface area contributed by atoms with Gasteiger partial charge in [0.25, 0.3) is 0 Å². The maximum atomic E-state index is 11.0. The van der Waals surface area contributed by atoms with Crippen LogP contribution >= 0.6 is 0 Å². The lowest BCUT2D eigenvalue weighted by Gasteiger charge is -2.20. The van der Waals surface area contributed by atoms with Crippen molar-refractivity contribution in [1.82, 2.24) is 0 Å². The summed E-state index contributed by atoms with van der Waals surface area (Å²) < 4.78 is 20.1. The first-order chi connectivity index (χ1) is 6.68. The summed E-state index contributed by atoms with van der Waals surface area (Å²) in [5, 5.41) is 0. The van der Waals surface area contributed by atoms with E-state index in [1.54, 1.807) is 0 Å². The molecule has 1 aliphatic carbocycles. The van der Waals surface area contributed by atoms with Crippen molar-refractivity contribution >= 4 is 17.2 Å². The molecule has 1 aromatic rings. The fourth-order valence-electron chi connectivity index (χ4n) is 1.81. The van der Waals surface area contributed by atoms with Crippen molar-refractivity contribution < 1.29 is 8.76 Å². The Balaban J connectivity index is 2.49. The van der Waals surface area contributed by atoms with E-state index in [-0.39, 0.29) is 5.92 Å². The molecule has 0 saturated heterocycles. The van der Waals surface area contributed by atoms with Crippen LogP contribution in [0.4, 0.5) is 0 Å². The van der Waals surface area contributed by atoms with Crippen molar-refractivity contribution in [1.29, 1.82) is 0 Å². The Labute approximate surface area is 85.9 Å². The van der Waals surface area contributed by atoms with Crippen LogP contribution in [-0.2, 0) is 17.5 Å². The Morgan fingerprint density at radius 3 is 2.86 bits per heavy atom. The Hall–Kier alpha value is -0.930. The summed E-state index contributed by atoms with van der Waals surface area (Å²) in [6, 6.07) is 8.00. The van der Waals surface area contributed by atoms with Crippen LogP contribution in [0.15, 0.2) is 29.2 Å². The summed E-state index contributed by atoms with van der Waals surface area (Å²) in [4.78, 5) is 0.628. The Morgan fingerprint density at radius 1 is 1.43 bits per heavy atom. The van der Waals surface area contributed by atoms with Gasteiger partial charge in [-0.1, -0.05) is 31.2 Å². The fourth-order valence-corrected chi connectivity index (χ4v) is 2.46. The van der Waals surface area contributed by atoms with Gasteiger partial charge >= 0.3 is 0 Å². The molecular weight excluding hydrogens is 196 g/mol. The van der Waals surface area contributed by atoms with Crippen LogP contribution in [0.1, 0.15) is 18.1 Å². The van der Waals surface area contributed by atoms with Crippen LogP contribution in [0.5, 0.6) is 0 Å². The van der Waals surface area contributed by atoms with E-state index < -0.39 is 11.1 Å². The van der Waals surface area contributed by atoms with Crippen molar-refractivity contribution in [3.63, 3.8) is 0 Å². The normalized spacial score (nSPS) is 22.4. The van der Waals surface area contributed by atoms with Crippen molar-refractivity contribution in [2.75, 3.05) is 0 Å². The zero-order valence-corrected chi connectivity index (χ0v) is 8.75. The van der Waals surface area contributed by atoms with Gasteiger partial charge in [-0.15, -0.1) is 0 Å². The average Bonchev–Trinajstić information content (AvgIpc) is 2.16. The molecule has 14 heavy (non-hydrogen) atoms. The van der Waals surface area contributed by atoms with E-state index in [0.29, 0.717) is 4.91 Å². The highest BCUT2D eigenvalue weighted by Gasteiger charge is 2.20. The molecule has 3 heteroatoms. The van der Waals surface area contributed by atoms with Crippen molar-refractivity contribution in [2.45, 2.75) is 13.3 Å². The molecule has 0 aliphatic heterocycles. The zero-order chi connectivity index (χ0) is 10.1. The third kappa shape index (κ3) is 1.65. The second kappa shape index (κ2) is 3.67. The molecule has 1 N–H and O–H groups in total. The summed E-state index contributed by atoms with van der Waals surface area (Å²) >= 11 is -1.83. The van der Waals surface area contributed by atoms with Crippen molar-refractivity contribution in [3.8, 4) is 0 Å². The van der Waals surface area contributed by atoms with Gasteiger partial charge in [0.15, 0.2) is 11.1 Å². The molecule has 0 fully saturated rings. The van der Waals surface area contributed by atoms with Crippen molar-refractivity contribution in [2.24, 2.45) is 5.92 Å². The minimum atomic E-state index is -1.83. The largest absolute Gasteiger partial charge is 0.302 e. The summed E-state index contributed by atoms with van der Waals surface area (Å²) in [6.07, 6.45) is 2.69. The predicted molar refractivity (Wildman–Crippen MR) is 58.1 cm³/mol. The summed E-state index contributed by atoms with van der Waals surface area (Å²) in [5.74, 6) is 0.163. The van der Waals surface area contributed by atoms with Gasteiger partial charge in [-0.05, 0) is 29.5 Å². The first-order valence-electron chi connectivity index (χ1n) is 4.59. The molecule has 0 radical (unpaired) electrons. The van der Waals surface area contributed by atoms with E-state index in [1.807, 2.05) is 31.2 Å². The van der Waals surface area contributed by atoms with E-state index in [4.69, 9.17) is 4.55 Å². The molecule has 2 atom stereocenters. The number of fused-ring (bicyclic) bond motifs is 1. The lowest BCUT2D eigenvalue weighted by Crippen LogP contribution is -2.12. The summed E-state index contributed by atoms with van der Waals surface area (Å²) in [6.45, 7) is 1.98. The van der Waals surface area contributed by atoms with E-state index in [0.717, 1.165) is 12.0 Å². The topological polar surface area (TPSA) is 37.3 Å². The molecule has 0 aromatic heterocycles. The second-order valence-corrected chi connectivity index (χ2v) is 4.57. The smallest absolute Gasteiger partial charge is 0.182 e. The van der Waals surface area contributed by atoms with Gasteiger partial charge in [-0.25, -0.2) is 4.21 Å². The molecule has 2 rings (SSSR count). The van der Waals surface area contributed by atoms with E-state index >= 15 is 0 Å². The number of benzene rings is 1. The molecular formula is C11H12O2S. The molecule has 0 spiro atoms. The second-order valence-electron chi connectivity index (χ2n) is 3.60. The van der Waals surface area contributed by atoms with E-state index in [2.05, 4.69) is 6.07 Å². The molecule has 0 heterocycles. The Morgan fingerprint density at radius 2 is 2.14 bits per heavy atom. The minimum Gasteiger partial charge on any atom is -0.302 e. The first-order valence-corrected chi connectivity index (χ1v) is 5.69. The van der Waals surface area contributed by atoms with Gasteiger partial charge in [-0.2, -0.15) is 0 Å². The molecule has 74 valence electrons. The quantitative estimate of drug-likeness (QED) is 0.720. The lowest BCUT2D eigenvalue weighted by atomic mass is 9.91. The van der Waals surface area contributed by atoms with Gasteiger partial charge in [0.1, 0.15) is 0 Å². The Kier molecular flexibility index (Phi) is 2.52. The number of rotatable bonds is 1. The number of hydrogen-bond donors (Lipinski definition) is 1. The first kappa shape index (κ1) is 9.62. The molecule has 2 unspecified atom stereocenters. The molecule has 1 aromatic carbocycles. The molecule has 0 saturated carbocycles. The number of allylic oxidation sites excluding steroid dienone is 1. The zero-order valence-electron chi connectivity index (χ0n) is 7.93. The van der Waals surface area contributed by atoms with E-state index in [9.17, 15) is 4.21 Å². The van der Waals surface area contributed by atoms with Gasteiger partial charge in [0.2, 0.25) is 0 Å². The van der Waals surface area contributed by atoms with Crippen LogP contribution in [0.25, 0.3) is 6.08 Å². The average molecular weight is 208 g/mol. The molecule has 2 nitrogen and oxygen atoms in total. The van der Waals surface area contributed by atoms with E-state index in [1.165, 1.54) is 5.56 Å². The maximum absolute atomic E-state index is 11.0. The molecule has 0 bridgehead atoms. The summed E-state index contributed by atoms with van der Waals surface area (Å²) in [5.41, 5.74) is 2.33. The number of hydrogen-bond acceptors (Lipinski definition) is 1. The van der Waals surface area contributed by atoms with Crippen LogP contribution in [0, 0.1) is 5.92 Å². The third-order valence-corrected chi connectivity index (χ3v) is 3.49. The van der Waals surface area contributed by atoms with Crippen molar-refractivity contribution in [3.05, 3.63) is 40.3 Å². The monoisotopic (exact) mass is 208 g/mol. The lowest BCUT2D eigenvalue weighted by molar-refractivity contribution is 0.560. The predicted octanol–water partition coefficient (Wildman–Crippen LogP) is 2.44. The molecule has 0 amide bonds. The highest BCUT2D eigenvalue weighted by molar-refractivity contribution is 7.83. The highest BCUT2D eigenvalue weighted by Crippen LogP contribution is 2.29. The highest BCUT2D eigenvalue weighted by atomic mass is 32.2. The van der Waals surface area contributed by atoms with Gasteiger partial charge in [0.05, 0.1) is 0 Å². The van der Waals surface area contributed by atoms with Gasteiger partial charge in [0, 0.05) is 4.91 Å². The van der Waals surface area contributed by atoms with Gasteiger partial charge < -0.3 is 4.55 Å².